The lowest BCUT2D eigenvalue weighted by Crippen LogP contribution is -1.80. The average molecular weight is 251 g/mol. The van der Waals surface area contributed by atoms with Crippen LogP contribution >= 0.6 is 11.3 Å². The van der Waals surface area contributed by atoms with Crippen LogP contribution in [0.4, 0.5) is 0 Å². The van der Waals surface area contributed by atoms with E-state index in [1.165, 1.54) is 11.3 Å². The molecule has 2 aromatic heterocycles. The highest BCUT2D eigenvalue weighted by Crippen LogP contribution is 2.27. The van der Waals surface area contributed by atoms with E-state index in [4.69, 9.17) is 0 Å². The molecule has 18 heavy (non-hydrogen) atoms. The van der Waals surface area contributed by atoms with Crippen molar-refractivity contribution in [3.63, 3.8) is 0 Å². The number of benzene rings is 1. The first-order valence-electron chi connectivity index (χ1n) is 5.48. The summed E-state index contributed by atoms with van der Waals surface area (Å²) in [4.78, 5) is 7.53. The van der Waals surface area contributed by atoms with Crippen LogP contribution in [0.3, 0.4) is 0 Å². The lowest BCUT2D eigenvalue weighted by Gasteiger charge is -1.91. The zero-order chi connectivity index (χ0) is 12.4. The minimum atomic E-state index is 0.582. The van der Waals surface area contributed by atoms with Gasteiger partial charge in [0.1, 0.15) is 11.1 Å². The van der Waals surface area contributed by atoms with Gasteiger partial charge in [-0.05, 0) is 30.3 Å². The molecular weight excluding hydrogens is 242 g/mol. The Morgan fingerprint density at radius 1 is 1.28 bits per heavy atom. The molecule has 3 rings (SSSR count). The second kappa shape index (κ2) is 4.47. The lowest BCUT2D eigenvalue weighted by atomic mass is 10.2. The van der Waals surface area contributed by atoms with Gasteiger partial charge in [0.2, 0.25) is 0 Å². The fourth-order valence-electron chi connectivity index (χ4n) is 1.72. The second-order valence-corrected chi connectivity index (χ2v) is 4.81. The monoisotopic (exact) mass is 251 g/mol. The maximum absolute atomic E-state index is 9.24. The molecule has 0 bridgehead atoms. The molecule has 0 amide bonds. The van der Waals surface area contributed by atoms with Crippen molar-refractivity contribution in [3.05, 3.63) is 53.3 Å². The van der Waals surface area contributed by atoms with E-state index >= 15 is 0 Å². The van der Waals surface area contributed by atoms with Crippen molar-refractivity contribution >= 4 is 33.2 Å². The zero-order valence-corrected chi connectivity index (χ0v) is 10.2. The van der Waals surface area contributed by atoms with Gasteiger partial charge in [-0.3, -0.25) is 0 Å². The number of allylic oxidation sites excluding steroid dienone is 1. The largest absolute Gasteiger partial charge is 0.362 e. The van der Waals surface area contributed by atoms with Gasteiger partial charge in [0.15, 0.2) is 0 Å². The summed E-state index contributed by atoms with van der Waals surface area (Å²) in [6, 6.07) is 13.9. The lowest BCUT2D eigenvalue weighted by molar-refractivity contribution is 1.37. The minimum Gasteiger partial charge on any atom is -0.362 e. The summed E-state index contributed by atoms with van der Waals surface area (Å²) < 4.78 is 1.10. The molecule has 0 aliphatic heterocycles. The van der Waals surface area contributed by atoms with Gasteiger partial charge in [-0.15, -0.1) is 11.3 Å². The van der Waals surface area contributed by atoms with E-state index in [1.807, 2.05) is 48.7 Å². The molecule has 2 heterocycles. The second-order valence-electron chi connectivity index (χ2n) is 3.78. The van der Waals surface area contributed by atoms with Crippen molar-refractivity contribution in [2.24, 2.45) is 0 Å². The first-order valence-corrected chi connectivity index (χ1v) is 6.29. The summed E-state index contributed by atoms with van der Waals surface area (Å²) in [7, 11) is 0. The fourth-order valence-corrected chi connectivity index (χ4v) is 2.65. The van der Waals surface area contributed by atoms with Crippen LogP contribution in [0.1, 0.15) is 10.7 Å². The van der Waals surface area contributed by atoms with Gasteiger partial charge in [-0.1, -0.05) is 12.1 Å². The number of nitriles is 1. The van der Waals surface area contributed by atoms with Crippen molar-refractivity contribution in [2.45, 2.75) is 0 Å². The molecule has 0 aliphatic carbocycles. The zero-order valence-electron chi connectivity index (χ0n) is 9.42. The van der Waals surface area contributed by atoms with Crippen molar-refractivity contribution in [3.8, 4) is 6.07 Å². The van der Waals surface area contributed by atoms with Crippen molar-refractivity contribution in [1.29, 1.82) is 5.26 Å². The van der Waals surface area contributed by atoms with E-state index in [9.17, 15) is 5.26 Å². The van der Waals surface area contributed by atoms with Crippen LogP contribution in [0.5, 0.6) is 0 Å². The molecule has 3 aromatic rings. The molecule has 0 saturated carbocycles. The molecule has 0 atom stereocenters. The maximum Gasteiger partial charge on any atom is 0.135 e. The number of nitrogens with one attached hydrogen (secondary N) is 1. The van der Waals surface area contributed by atoms with Crippen LogP contribution in [-0.4, -0.2) is 9.97 Å². The third kappa shape index (κ3) is 1.92. The van der Waals surface area contributed by atoms with Crippen LogP contribution in [0.25, 0.3) is 21.9 Å². The predicted octanol–water partition coefficient (Wildman–Crippen LogP) is 3.69. The van der Waals surface area contributed by atoms with E-state index in [0.29, 0.717) is 5.57 Å². The standard InChI is InChI=1S/C14H9N3S/c15-9-10(8-11-4-3-7-16-11)14-17-12-5-1-2-6-13(12)18-14/h1-8,16H. The van der Waals surface area contributed by atoms with Crippen LogP contribution < -0.4 is 0 Å². The Hall–Kier alpha value is -2.38. The van der Waals surface area contributed by atoms with Crippen LogP contribution in [-0.2, 0) is 0 Å². The van der Waals surface area contributed by atoms with Crippen LogP contribution in [0, 0.1) is 11.3 Å². The molecule has 4 heteroatoms. The van der Waals surface area contributed by atoms with Crippen LogP contribution in [0.2, 0.25) is 0 Å². The van der Waals surface area contributed by atoms with E-state index in [2.05, 4.69) is 16.0 Å². The Labute approximate surface area is 108 Å². The smallest absolute Gasteiger partial charge is 0.135 e. The van der Waals surface area contributed by atoms with Gasteiger partial charge < -0.3 is 4.98 Å². The minimum absolute atomic E-state index is 0.582. The normalized spacial score (nSPS) is 11.6. The molecule has 0 unspecified atom stereocenters. The Kier molecular flexibility index (Phi) is 2.67. The molecule has 1 aromatic carbocycles. The highest BCUT2D eigenvalue weighted by Gasteiger charge is 2.08. The molecule has 3 nitrogen and oxygen atoms in total. The third-order valence-electron chi connectivity index (χ3n) is 2.57. The first-order chi connectivity index (χ1) is 8.86. The van der Waals surface area contributed by atoms with Gasteiger partial charge in [0.05, 0.1) is 15.8 Å². The number of hydrogen-bond donors (Lipinski definition) is 1. The number of H-pyrrole nitrogens is 1. The topological polar surface area (TPSA) is 52.5 Å². The number of hydrogen-bond acceptors (Lipinski definition) is 3. The fraction of sp³-hybridized carbons (Fsp3) is 0. The van der Waals surface area contributed by atoms with Gasteiger partial charge in [0.25, 0.3) is 0 Å². The highest BCUT2D eigenvalue weighted by molar-refractivity contribution is 7.19. The Morgan fingerprint density at radius 3 is 2.89 bits per heavy atom. The molecule has 0 aliphatic rings. The number of aromatic nitrogens is 2. The molecule has 86 valence electrons. The number of nitrogens with zero attached hydrogens (tertiary/aromatic N) is 2. The summed E-state index contributed by atoms with van der Waals surface area (Å²) in [5, 5.41) is 10.00. The number of thiazole rings is 1. The van der Waals surface area contributed by atoms with E-state index in [1.54, 1.807) is 0 Å². The summed E-state index contributed by atoms with van der Waals surface area (Å²) >= 11 is 1.54. The SMILES string of the molecule is N#CC(=Cc1ccc[nH]1)c1nc2ccccc2s1. The maximum atomic E-state index is 9.24. The first kappa shape index (κ1) is 10.8. The summed E-state index contributed by atoms with van der Waals surface area (Å²) in [5.41, 5.74) is 2.43. The molecule has 0 fully saturated rings. The van der Waals surface area contributed by atoms with E-state index in [0.717, 1.165) is 20.9 Å². The summed E-state index contributed by atoms with van der Waals surface area (Å²) in [5.74, 6) is 0. The number of aromatic amines is 1. The van der Waals surface area contributed by atoms with Gasteiger partial charge >= 0.3 is 0 Å². The molecule has 0 saturated heterocycles. The Balaban J connectivity index is 2.09. The highest BCUT2D eigenvalue weighted by atomic mass is 32.1. The quantitative estimate of drug-likeness (QED) is 0.706. The van der Waals surface area contributed by atoms with Gasteiger partial charge in [0, 0.05) is 11.9 Å². The molecular formula is C14H9N3S. The number of rotatable bonds is 2. The van der Waals surface area contributed by atoms with Crippen molar-refractivity contribution < 1.29 is 0 Å². The Bertz CT molecular complexity index is 712. The average Bonchev–Trinajstić information content (AvgIpc) is 3.04. The van der Waals surface area contributed by atoms with E-state index < -0.39 is 0 Å². The Morgan fingerprint density at radius 2 is 2.17 bits per heavy atom. The number of fused-ring (bicyclic) bond motifs is 1. The molecule has 0 radical (unpaired) electrons. The third-order valence-corrected chi connectivity index (χ3v) is 3.64. The molecule has 0 spiro atoms. The summed E-state index contributed by atoms with van der Waals surface area (Å²) in [6.45, 7) is 0. The van der Waals surface area contributed by atoms with Crippen molar-refractivity contribution in [1.82, 2.24) is 9.97 Å². The summed E-state index contributed by atoms with van der Waals surface area (Å²) in [6.07, 6.45) is 3.65. The van der Waals surface area contributed by atoms with Gasteiger partial charge in [-0.2, -0.15) is 5.26 Å². The number of para-hydroxylation sites is 1. The van der Waals surface area contributed by atoms with Crippen molar-refractivity contribution in [2.75, 3.05) is 0 Å². The van der Waals surface area contributed by atoms with Crippen LogP contribution in [0.15, 0.2) is 42.6 Å². The predicted molar refractivity (Wildman–Crippen MR) is 73.9 cm³/mol. The van der Waals surface area contributed by atoms with E-state index in [-0.39, 0.29) is 0 Å². The van der Waals surface area contributed by atoms with Gasteiger partial charge in [-0.25, -0.2) is 4.98 Å². The molecule has 1 N–H and O–H groups in total.